The van der Waals surface area contributed by atoms with Gasteiger partial charge in [-0.1, -0.05) is 45.1 Å². The number of allylic oxidation sites excluding steroid dienone is 2. The van der Waals surface area contributed by atoms with Crippen LogP contribution in [0.2, 0.25) is 0 Å². The highest BCUT2D eigenvalue weighted by atomic mass is 16.7. The summed E-state index contributed by atoms with van der Waals surface area (Å²) >= 11 is 0. The molecule has 0 unspecified atom stereocenters. The molecule has 292 valence electrons. The highest BCUT2D eigenvalue weighted by Crippen LogP contribution is 2.36. The first-order valence-corrected chi connectivity index (χ1v) is 18.4. The van der Waals surface area contributed by atoms with E-state index in [1.807, 2.05) is 26.8 Å². The fourth-order valence-electron chi connectivity index (χ4n) is 7.05. The van der Waals surface area contributed by atoms with Gasteiger partial charge in [0.15, 0.2) is 18.7 Å². The van der Waals surface area contributed by atoms with E-state index in [0.717, 1.165) is 6.29 Å². The number of aldehydes is 1. The zero-order chi connectivity index (χ0) is 37.9. The third-order valence-electron chi connectivity index (χ3n) is 9.88. The van der Waals surface area contributed by atoms with Gasteiger partial charge in [0, 0.05) is 45.6 Å². The quantitative estimate of drug-likeness (QED) is 0.218. The Morgan fingerprint density at radius 3 is 2.43 bits per heavy atom. The van der Waals surface area contributed by atoms with Gasteiger partial charge in [0.2, 0.25) is 0 Å². The lowest BCUT2D eigenvalue weighted by Crippen LogP contribution is -2.58. The van der Waals surface area contributed by atoms with Crippen molar-refractivity contribution in [2.45, 2.75) is 173 Å². The summed E-state index contributed by atoms with van der Waals surface area (Å²) in [6, 6.07) is 0. The number of carbonyl (C=O) groups is 3. The molecule has 3 aliphatic rings. The van der Waals surface area contributed by atoms with Crippen LogP contribution in [0.25, 0.3) is 0 Å². The minimum Gasteiger partial charge on any atom is -0.462 e. The molecule has 0 aliphatic carbocycles. The third kappa shape index (κ3) is 13.3. The monoisotopic (exact) mass is 726 g/mol. The molecule has 0 saturated carbocycles. The van der Waals surface area contributed by atoms with Crippen molar-refractivity contribution in [3.8, 4) is 0 Å². The summed E-state index contributed by atoms with van der Waals surface area (Å²) in [5.74, 6) is -1.41. The molecule has 0 bridgehead atoms. The maximum Gasteiger partial charge on any atom is 0.306 e. The Morgan fingerprint density at radius 1 is 1.06 bits per heavy atom. The van der Waals surface area contributed by atoms with Crippen LogP contribution < -0.4 is 0 Å². The summed E-state index contributed by atoms with van der Waals surface area (Å²) in [6.07, 6.45) is 0.972. The van der Waals surface area contributed by atoms with Crippen molar-refractivity contribution in [3.63, 3.8) is 0 Å². The van der Waals surface area contributed by atoms with Crippen molar-refractivity contribution < 1.29 is 62.9 Å². The minimum atomic E-state index is -1.42. The number of aliphatic hydroxyl groups is 3. The van der Waals surface area contributed by atoms with E-state index in [4.69, 9.17) is 33.2 Å². The molecule has 3 N–H and O–H groups in total. The Kier molecular flexibility index (Phi) is 17.2. The number of carbonyl (C=O) groups excluding carboxylic acids is 3. The van der Waals surface area contributed by atoms with Crippen molar-refractivity contribution >= 4 is 18.2 Å². The second-order valence-corrected chi connectivity index (χ2v) is 15.2. The first-order chi connectivity index (χ1) is 24.0. The van der Waals surface area contributed by atoms with Crippen molar-refractivity contribution in [1.82, 2.24) is 0 Å². The number of ether oxygens (including phenoxy) is 7. The summed E-state index contributed by atoms with van der Waals surface area (Å²) in [5, 5.41) is 33.5. The van der Waals surface area contributed by atoms with Gasteiger partial charge in [-0.15, -0.1) is 0 Å². The van der Waals surface area contributed by atoms with Crippen molar-refractivity contribution in [2.75, 3.05) is 7.11 Å². The topological polar surface area (TPSA) is 177 Å². The zero-order valence-corrected chi connectivity index (χ0v) is 31.6. The Labute approximate surface area is 303 Å². The molecule has 3 aliphatic heterocycles. The Hall–Kier alpha value is -2.23. The summed E-state index contributed by atoms with van der Waals surface area (Å²) in [6.45, 7) is 12.6. The maximum atomic E-state index is 12.7. The molecule has 0 spiro atoms. The van der Waals surface area contributed by atoms with E-state index < -0.39 is 84.9 Å². The van der Waals surface area contributed by atoms with Crippen LogP contribution in [-0.4, -0.2) is 114 Å². The molecule has 3 rings (SSSR count). The smallest absolute Gasteiger partial charge is 0.306 e. The van der Waals surface area contributed by atoms with Crippen LogP contribution in [0.1, 0.15) is 99.8 Å². The van der Waals surface area contributed by atoms with Gasteiger partial charge >= 0.3 is 11.9 Å². The van der Waals surface area contributed by atoms with Crippen molar-refractivity contribution in [1.29, 1.82) is 0 Å². The molecule has 51 heavy (non-hydrogen) atoms. The summed E-state index contributed by atoms with van der Waals surface area (Å²) in [7, 11) is 1.50. The number of esters is 2. The number of rotatable bonds is 10. The largest absolute Gasteiger partial charge is 0.462 e. The van der Waals surface area contributed by atoms with Crippen LogP contribution in [0.15, 0.2) is 24.3 Å². The van der Waals surface area contributed by atoms with E-state index in [0.29, 0.717) is 12.8 Å². The SMILES string of the molecule is CO[C@H]1CCC(=O)O[C@H](C)C/C=C/C=C/[C@@H](O)[C@H](C)C[C@H](CC=O)[C@H]1O[C@H]1O[C@H](C)[C@@H](O[C@@H]2C[C@](C)(O)[C@H](OC(=O)CC(C)C)[C@H](C)O2)C[C@H]1O. The van der Waals surface area contributed by atoms with Gasteiger partial charge in [0.25, 0.3) is 0 Å². The van der Waals surface area contributed by atoms with Gasteiger partial charge in [0.1, 0.15) is 24.1 Å². The molecular formula is C38H62O13. The summed E-state index contributed by atoms with van der Waals surface area (Å²) in [4.78, 5) is 37.1. The maximum absolute atomic E-state index is 12.7. The van der Waals surface area contributed by atoms with Crippen LogP contribution in [-0.2, 0) is 47.5 Å². The van der Waals surface area contributed by atoms with Gasteiger partial charge < -0.3 is 53.3 Å². The van der Waals surface area contributed by atoms with Gasteiger partial charge in [-0.25, -0.2) is 0 Å². The fraction of sp³-hybridized carbons (Fsp3) is 0.816. The third-order valence-corrected chi connectivity index (χ3v) is 9.88. The number of methoxy groups -OCH3 is 1. The first kappa shape index (κ1) is 43.2. The van der Waals surface area contributed by atoms with E-state index in [1.165, 1.54) is 7.11 Å². The first-order valence-electron chi connectivity index (χ1n) is 18.4. The molecule has 0 aromatic heterocycles. The number of hydrogen-bond donors (Lipinski definition) is 3. The van der Waals surface area contributed by atoms with Gasteiger partial charge in [-0.05, 0) is 58.3 Å². The molecule has 14 atom stereocenters. The van der Waals surface area contributed by atoms with E-state index in [-0.39, 0.29) is 56.5 Å². The molecule has 3 heterocycles. The van der Waals surface area contributed by atoms with E-state index in [9.17, 15) is 29.7 Å². The van der Waals surface area contributed by atoms with Crippen LogP contribution in [0.5, 0.6) is 0 Å². The lowest BCUT2D eigenvalue weighted by molar-refractivity contribution is -0.330. The molecule has 0 amide bonds. The standard InChI is InChI=1S/C38H62O13/c1-22(2)18-33(43)50-36-26(6)47-34(21-38(36,7)44)49-31-20-29(41)37(48-25(31)5)51-35-27(16-17-39)19-23(3)28(40)13-11-9-10-12-24(4)46-32(42)15-14-30(35)45-8/h9-11,13,17,22-31,34-37,40-41,44H,12,14-16,18-21H2,1-8H3/b10-9+,13-11+/t23-,24-,25-,26+,27+,28-,29-,30+,31+,34-,35-,36-,37-,38+/m1/s1. The number of aliphatic hydroxyl groups excluding tert-OH is 2. The fourth-order valence-corrected chi connectivity index (χ4v) is 7.05. The van der Waals surface area contributed by atoms with E-state index >= 15 is 0 Å². The van der Waals surface area contributed by atoms with Gasteiger partial charge in [0.05, 0.1) is 36.6 Å². The van der Waals surface area contributed by atoms with Crippen molar-refractivity contribution in [2.24, 2.45) is 17.8 Å². The normalized spacial score (nSPS) is 41.7. The average Bonchev–Trinajstić information content (AvgIpc) is 3.03. The molecule has 2 fully saturated rings. The predicted molar refractivity (Wildman–Crippen MR) is 186 cm³/mol. The van der Waals surface area contributed by atoms with Crippen molar-refractivity contribution in [3.05, 3.63) is 24.3 Å². The molecule has 0 aromatic carbocycles. The van der Waals surface area contributed by atoms with Crippen LogP contribution >= 0.6 is 0 Å². The molecule has 0 aromatic rings. The second kappa shape index (κ2) is 20.3. The molecule has 13 heteroatoms. The zero-order valence-electron chi connectivity index (χ0n) is 31.6. The van der Waals surface area contributed by atoms with Gasteiger partial charge in [-0.3, -0.25) is 9.59 Å². The lowest BCUT2D eigenvalue weighted by atomic mass is 9.83. The number of hydrogen-bond acceptors (Lipinski definition) is 13. The predicted octanol–water partition coefficient (Wildman–Crippen LogP) is 3.93. The molecule has 13 nitrogen and oxygen atoms in total. The van der Waals surface area contributed by atoms with Gasteiger partial charge in [-0.2, -0.15) is 0 Å². The number of cyclic esters (lactones) is 1. The highest BCUT2D eigenvalue weighted by molar-refractivity contribution is 5.70. The Balaban J connectivity index is 1.75. The minimum absolute atomic E-state index is 0.0257. The van der Waals surface area contributed by atoms with Crippen LogP contribution in [0.3, 0.4) is 0 Å². The molecule has 0 radical (unpaired) electrons. The Bertz CT molecular complexity index is 1150. The average molecular weight is 727 g/mol. The molecule has 2 saturated heterocycles. The highest BCUT2D eigenvalue weighted by Gasteiger charge is 2.49. The lowest BCUT2D eigenvalue weighted by Gasteiger charge is -2.46. The van der Waals surface area contributed by atoms with Crippen LogP contribution in [0.4, 0.5) is 0 Å². The van der Waals surface area contributed by atoms with E-state index in [2.05, 4.69) is 0 Å². The summed E-state index contributed by atoms with van der Waals surface area (Å²) in [5.41, 5.74) is -1.42. The van der Waals surface area contributed by atoms with Crippen LogP contribution in [0, 0.1) is 17.8 Å². The Morgan fingerprint density at radius 2 is 1.78 bits per heavy atom. The summed E-state index contributed by atoms with van der Waals surface area (Å²) < 4.78 is 42.0. The second-order valence-electron chi connectivity index (χ2n) is 15.2. The molecular weight excluding hydrogens is 664 g/mol. The van der Waals surface area contributed by atoms with E-state index in [1.54, 1.807) is 45.9 Å².